The number of hydrogen-bond donors (Lipinski definition) is 2. The Bertz CT molecular complexity index is 1100. The van der Waals surface area contributed by atoms with Gasteiger partial charge in [-0.05, 0) is 31.3 Å². The summed E-state index contributed by atoms with van der Waals surface area (Å²) in [6.07, 6.45) is 14.4. The van der Waals surface area contributed by atoms with Gasteiger partial charge in [0.15, 0.2) is 0 Å². The zero-order valence-corrected chi connectivity index (χ0v) is 19.2. The van der Waals surface area contributed by atoms with Crippen LogP contribution in [0.4, 0.5) is 5.82 Å². The standard InChI is InChI=1S/C15H18N4O.C6H4N3.Na/c1-19-8-4-7-12(15(19)20)13-9-17-14(10-16-13)18-11-5-2-3-6-11;1-2-5-6(7-3-1)9-4-8-5;/h4,7-11H,2-3,5-6H2,1H3,(H,17,18);1-3H,(H,7,8,9);/q;-1;+1. The Morgan fingerprint density at radius 2 is 1.97 bits per heavy atom. The first kappa shape index (κ1) is 22.1. The minimum absolute atomic E-state index is 0. The second-order valence-corrected chi connectivity index (χ2v) is 6.97. The van der Waals surface area contributed by atoms with E-state index in [0.29, 0.717) is 17.3 Å². The van der Waals surface area contributed by atoms with E-state index in [0.717, 1.165) is 17.0 Å². The minimum Gasteiger partial charge on any atom is -0.446 e. The zero-order valence-electron chi connectivity index (χ0n) is 17.2. The quantitative estimate of drug-likeness (QED) is 0.362. The number of H-pyrrole nitrogens is 1. The van der Waals surface area contributed by atoms with E-state index in [-0.39, 0.29) is 35.1 Å². The van der Waals surface area contributed by atoms with Crippen molar-refractivity contribution in [2.75, 3.05) is 5.32 Å². The van der Waals surface area contributed by atoms with Crippen molar-refractivity contribution in [3.8, 4) is 11.3 Å². The smallest absolute Gasteiger partial charge is 0.446 e. The molecule has 9 heteroatoms. The van der Waals surface area contributed by atoms with Gasteiger partial charge in [0.2, 0.25) is 0 Å². The van der Waals surface area contributed by atoms with Crippen molar-refractivity contribution in [1.29, 1.82) is 0 Å². The summed E-state index contributed by atoms with van der Waals surface area (Å²) < 4.78 is 1.54. The molecule has 1 aliphatic carbocycles. The first-order chi connectivity index (χ1) is 14.2. The van der Waals surface area contributed by atoms with E-state index in [2.05, 4.69) is 36.6 Å². The molecule has 0 aliphatic heterocycles. The maximum absolute atomic E-state index is 12.0. The molecule has 4 heterocycles. The summed E-state index contributed by atoms with van der Waals surface area (Å²) in [5, 5.41) is 3.39. The molecule has 5 rings (SSSR count). The second-order valence-electron chi connectivity index (χ2n) is 6.97. The molecule has 0 bridgehead atoms. The van der Waals surface area contributed by atoms with Gasteiger partial charge in [0, 0.05) is 31.1 Å². The molecule has 30 heavy (non-hydrogen) atoms. The third-order valence-corrected chi connectivity index (χ3v) is 4.90. The number of nitrogens with zero attached hydrogens (tertiary/aromatic N) is 5. The average Bonchev–Trinajstić information content (AvgIpc) is 3.43. The molecular formula is C21H22N7NaO. The number of rotatable bonds is 3. The van der Waals surface area contributed by atoms with E-state index in [1.54, 1.807) is 42.5 Å². The van der Waals surface area contributed by atoms with Gasteiger partial charge in [0.25, 0.3) is 5.56 Å². The Labute approximate surface area is 196 Å². The van der Waals surface area contributed by atoms with Crippen molar-refractivity contribution >= 4 is 17.0 Å². The van der Waals surface area contributed by atoms with Crippen molar-refractivity contribution in [1.82, 2.24) is 29.5 Å². The molecule has 4 aromatic heterocycles. The van der Waals surface area contributed by atoms with Gasteiger partial charge in [-0.25, -0.2) is 4.98 Å². The van der Waals surface area contributed by atoms with Crippen molar-refractivity contribution in [2.24, 2.45) is 7.05 Å². The van der Waals surface area contributed by atoms with E-state index in [9.17, 15) is 4.79 Å². The molecule has 1 aliphatic rings. The van der Waals surface area contributed by atoms with Crippen LogP contribution in [0.1, 0.15) is 25.7 Å². The molecule has 0 amide bonds. The first-order valence-corrected chi connectivity index (χ1v) is 9.62. The van der Waals surface area contributed by atoms with Gasteiger partial charge in [0.1, 0.15) is 5.82 Å². The Hall–Kier alpha value is -2.55. The normalized spacial score (nSPS) is 13.4. The van der Waals surface area contributed by atoms with Crippen LogP contribution in [0.3, 0.4) is 0 Å². The summed E-state index contributed by atoms with van der Waals surface area (Å²) in [5.41, 5.74) is 2.78. The van der Waals surface area contributed by atoms with E-state index in [1.807, 2.05) is 18.2 Å². The number of aromatic nitrogens is 6. The van der Waals surface area contributed by atoms with Gasteiger partial charge in [0.05, 0.1) is 23.7 Å². The number of hydrogen-bond acceptors (Lipinski definition) is 6. The van der Waals surface area contributed by atoms with Gasteiger partial charge in [-0.3, -0.25) is 9.78 Å². The molecule has 4 aromatic rings. The molecule has 0 radical (unpaired) electrons. The number of pyridine rings is 2. The second kappa shape index (κ2) is 10.5. The van der Waals surface area contributed by atoms with Crippen LogP contribution in [0.25, 0.3) is 22.4 Å². The van der Waals surface area contributed by atoms with Crippen LogP contribution < -0.4 is 40.4 Å². The molecule has 0 saturated heterocycles. The fourth-order valence-corrected chi connectivity index (χ4v) is 3.34. The van der Waals surface area contributed by atoms with Crippen LogP contribution in [-0.4, -0.2) is 35.5 Å². The van der Waals surface area contributed by atoms with Crippen LogP contribution in [0.15, 0.2) is 53.8 Å². The third kappa shape index (κ3) is 5.33. The van der Waals surface area contributed by atoms with Gasteiger partial charge in [-0.15, -0.1) is 0 Å². The van der Waals surface area contributed by atoms with Crippen molar-refractivity contribution in [3.05, 3.63) is 65.7 Å². The SMILES string of the molecule is Cn1cccc(-c2cnc(NC3CCCC3)cn2)c1=O.[Na+].[c-]1nc2cccnc2[nH]1. The molecular weight excluding hydrogens is 389 g/mol. The van der Waals surface area contributed by atoms with Gasteiger partial charge >= 0.3 is 29.6 Å². The van der Waals surface area contributed by atoms with E-state index in [4.69, 9.17) is 0 Å². The molecule has 2 N–H and O–H groups in total. The Morgan fingerprint density at radius 1 is 1.13 bits per heavy atom. The third-order valence-electron chi connectivity index (χ3n) is 4.90. The van der Waals surface area contributed by atoms with Crippen molar-refractivity contribution in [2.45, 2.75) is 31.7 Å². The Kier molecular flexibility index (Phi) is 7.73. The predicted octanol–water partition coefficient (Wildman–Crippen LogP) is -0.0411. The molecule has 0 aromatic carbocycles. The van der Waals surface area contributed by atoms with Gasteiger partial charge in [-0.1, -0.05) is 30.5 Å². The number of aryl methyl sites for hydroxylation is 1. The summed E-state index contributed by atoms with van der Waals surface area (Å²) in [5.74, 6) is 0.786. The van der Waals surface area contributed by atoms with E-state index < -0.39 is 0 Å². The maximum Gasteiger partial charge on any atom is 1.00 e. The average molecular weight is 411 g/mol. The molecule has 8 nitrogen and oxygen atoms in total. The number of fused-ring (bicyclic) bond motifs is 1. The van der Waals surface area contributed by atoms with Crippen LogP contribution in [0, 0.1) is 6.33 Å². The van der Waals surface area contributed by atoms with Crippen LogP contribution in [0.2, 0.25) is 0 Å². The van der Waals surface area contributed by atoms with Gasteiger partial charge < -0.3 is 24.8 Å². The number of imidazole rings is 1. The van der Waals surface area contributed by atoms with Crippen LogP contribution >= 0.6 is 0 Å². The van der Waals surface area contributed by atoms with Gasteiger partial charge in [-0.2, -0.15) is 0 Å². The molecule has 0 unspecified atom stereocenters. The zero-order chi connectivity index (χ0) is 20.1. The van der Waals surface area contributed by atoms with Crippen LogP contribution in [0.5, 0.6) is 0 Å². The molecule has 0 spiro atoms. The molecule has 1 saturated carbocycles. The van der Waals surface area contributed by atoms with Crippen molar-refractivity contribution in [3.63, 3.8) is 0 Å². The maximum atomic E-state index is 12.0. The fraction of sp³-hybridized carbons (Fsp3) is 0.286. The van der Waals surface area contributed by atoms with E-state index >= 15 is 0 Å². The summed E-state index contributed by atoms with van der Waals surface area (Å²) >= 11 is 0. The summed E-state index contributed by atoms with van der Waals surface area (Å²) in [6, 6.07) is 7.85. The Morgan fingerprint density at radius 3 is 2.70 bits per heavy atom. The number of aromatic amines is 1. The summed E-state index contributed by atoms with van der Waals surface area (Å²) in [7, 11) is 1.73. The number of anilines is 1. The van der Waals surface area contributed by atoms with E-state index in [1.165, 1.54) is 25.7 Å². The predicted molar refractivity (Wildman–Crippen MR) is 111 cm³/mol. The first-order valence-electron chi connectivity index (χ1n) is 9.62. The summed E-state index contributed by atoms with van der Waals surface area (Å²) in [6.45, 7) is 0. The van der Waals surface area contributed by atoms with Crippen LogP contribution in [-0.2, 0) is 7.05 Å². The molecule has 0 atom stereocenters. The Balaban J connectivity index is 0.000000214. The van der Waals surface area contributed by atoms with Crippen molar-refractivity contribution < 1.29 is 29.6 Å². The fourth-order valence-electron chi connectivity index (χ4n) is 3.34. The minimum atomic E-state index is -0.0571. The molecule has 1 fully saturated rings. The number of nitrogens with one attached hydrogen (secondary N) is 2. The largest absolute Gasteiger partial charge is 1.00 e. The molecule has 148 valence electrons. The summed E-state index contributed by atoms with van der Waals surface area (Å²) in [4.78, 5) is 31.4. The monoisotopic (exact) mass is 411 g/mol. The topological polar surface area (TPSA) is 101 Å².